The van der Waals surface area contributed by atoms with Crippen molar-refractivity contribution in [3.05, 3.63) is 29.8 Å². The van der Waals surface area contributed by atoms with Gasteiger partial charge in [0.1, 0.15) is 5.75 Å². The third kappa shape index (κ3) is 2.77. The van der Waals surface area contributed by atoms with Gasteiger partial charge in [0, 0.05) is 20.1 Å². The Labute approximate surface area is 102 Å². The SMILES string of the molecule is COc1ccc(CC(=O)N(C)C2CNC2)cc1. The molecule has 0 saturated carbocycles. The van der Waals surface area contributed by atoms with Crippen LogP contribution in [0.2, 0.25) is 0 Å². The topological polar surface area (TPSA) is 41.6 Å². The van der Waals surface area contributed by atoms with Crippen molar-refractivity contribution in [2.75, 3.05) is 27.2 Å². The average molecular weight is 234 g/mol. The molecule has 92 valence electrons. The first-order valence-electron chi connectivity index (χ1n) is 5.80. The second-order valence-corrected chi connectivity index (χ2v) is 4.34. The molecule has 0 atom stereocenters. The van der Waals surface area contributed by atoms with Crippen molar-refractivity contribution in [2.24, 2.45) is 0 Å². The number of hydrogen-bond acceptors (Lipinski definition) is 3. The molecule has 0 unspecified atom stereocenters. The summed E-state index contributed by atoms with van der Waals surface area (Å²) in [7, 11) is 3.51. The molecular formula is C13H18N2O2. The van der Waals surface area contributed by atoms with Crippen LogP contribution < -0.4 is 10.1 Å². The summed E-state index contributed by atoms with van der Waals surface area (Å²) in [5, 5.41) is 3.17. The molecule has 1 aliphatic heterocycles. The smallest absolute Gasteiger partial charge is 0.227 e. The van der Waals surface area contributed by atoms with Crippen LogP contribution >= 0.6 is 0 Å². The number of methoxy groups -OCH3 is 1. The fraction of sp³-hybridized carbons (Fsp3) is 0.462. The highest BCUT2D eigenvalue weighted by molar-refractivity contribution is 5.79. The number of rotatable bonds is 4. The first-order chi connectivity index (χ1) is 8.20. The molecule has 4 nitrogen and oxygen atoms in total. The highest BCUT2D eigenvalue weighted by atomic mass is 16.5. The van der Waals surface area contributed by atoms with Crippen molar-refractivity contribution in [3.63, 3.8) is 0 Å². The van der Waals surface area contributed by atoms with E-state index in [0.717, 1.165) is 24.4 Å². The Bertz CT molecular complexity index is 385. The normalized spacial score (nSPS) is 15.2. The number of ether oxygens (including phenoxy) is 1. The summed E-state index contributed by atoms with van der Waals surface area (Å²) in [6.07, 6.45) is 0.455. The van der Waals surface area contributed by atoms with E-state index in [2.05, 4.69) is 5.32 Å². The number of hydrogen-bond donors (Lipinski definition) is 1. The van der Waals surface area contributed by atoms with Crippen molar-refractivity contribution in [3.8, 4) is 5.75 Å². The summed E-state index contributed by atoms with van der Waals surface area (Å²) in [6.45, 7) is 1.82. The Morgan fingerprint density at radius 3 is 2.53 bits per heavy atom. The summed E-state index contributed by atoms with van der Waals surface area (Å²) < 4.78 is 5.08. The van der Waals surface area contributed by atoms with Crippen molar-refractivity contribution in [1.82, 2.24) is 10.2 Å². The lowest BCUT2D eigenvalue weighted by molar-refractivity contribution is -0.132. The standard InChI is InChI=1S/C13H18N2O2/c1-15(11-8-14-9-11)13(16)7-10-3-5-12(17-2)6-4-10/h3-6,11,14H,7-9H2,1-2H3. The molecule has 17 heavy (non-hydrogen) atoms. The first-order valence-corrected chi connectivity index (χ1v) is 5.80. The summed E-state index contributed by atoms with van der Waals surface area (Å²) in [4.78, 5) is 13.8. The van der Waals surface area contributed by atoms with Gasteiger partial charge >= 0.3 is 0 Å². The number of carbonyl (C=O) groups is 1. The molecule has 1 N–H and O–H groups in total. The van der Waals surface area contributed by atoms with Crippen LogP contribution in [0.3, 0.4) is 0 Å². The Kier molecular flexibility index (Phi) is 3.64. The van der Waals surface area contributed by atoms with E-state index in [1.807, 2.05) is 36.2 Å². The molecule has 1 fully saturated rings. The van der Waals surface area contributed by atoms with Gasteiger partial charge in [0.25, 0.3) is 0 Å². The predicted octanol–water partition coefficient (Wildman–Crippen LogP) is 0.668. The molecule has 0 aromatic heterocycles. The molecule has 1 aromatic carbocycles. The van der Waals surface area contributed by atoms with Gasteiger partial charge in [-0.2, -0.15) is 0 Å². The summed E-state index contributed by atoms with van der Waals surface area (Å²) in [5.41, 5.74) is 1.02. The van der Waals surface area contributed by atoms with Crippen LogP contribution in [0.1, 0.15) is 5.56 Å². The minimum Gasteiger partial charge on any atom is -0.497 e. The van der Waals surface area contributed by atoms with Crippen LogP contribution in [0.5, 0.6) is 5.75 Å². The first kappa shape index (κ1) is 11.9. The fourth-order valence-corrected chi connectivity index (χ4v) is 1.79. The Balaban J connectivity index is 1.92. The molecular weight excluding hydrogens is 216 g/mol. The van der Waals surface area contributed by atoms with Gasteiger partial charge < -0.3 is 15.0 Å². The number of amides is 1. The van der Waals surface area contributed by atoms with Gasteiger partial charge in [-0.05, 0) is 17.7 Å². The van der Waals surface area contributed by atoms with E-state index in [1.165, 1.54) is 0 Å². The Hall–Kier alpha value is -1.55. The minimum atomic E-state index is 0.168. The Morgan fingerprint density at radius 2 is 2.06 bits per heavy atom. The van der Waals surface area contributed by atoms with Gasteiger partial charge in [-0.25, -0.2) is 0 Å². The van der Waals surface area contributed by atoms with Crippen LogP contribution in [-0.2, 0) is 11.2 Å². The zero-order valence-corrected chi connectivity index (χ0v) is 10.3. The third-order valence-electron chi connectivity index (χ3n) is 3.22. The van der Waals surface area contributed by atoms with Gasteiger partial charge in [-0.15, -0.1) is 0 Å². The molecule has 2 rings (SSSR count). The van der Waals surface area contributed by atoms with Crippen LogP contribution in [0.4, 0.5) is 0 Å². The summed E-state index contributed by atoms with van der Waals surface area (Å²) >= 11 is 0. The second kappa shape index (κ2) is 5.19. The van der Waals surface area contributed by atoms with E-state index in [-0.39, 0.29) is 5.91 Å². The molecule has 0 spiro atoms. The molecule has 0 aliphatic carbocycles. The van der Waals surface area contributed by atoms with Gasteiger partial charge in [0.2, 0.25) is 5.91 Å². The lowest BCUT2D eigenvalue weighted by Crippen LogP contribution is -2.57. The summed E-state index contributed by atoms with van der Waals surface area (Å²) in [5.74, 6) is 0.986. The summed E-state index contributed by atoms with van der Waals surface area (Å²) in [6, 6.07) is 7.99. The van der Waals surface area contributed by atoms with E-state index in [4.69, 9.17) is 4.74 Å². The van der Waals surface area contributed by atoms with Gasteiger partial charge in [0.05, 0.1) is 19.6 Å². The number of carbonyl (C=O) groups excluding carboxylic acids is 1. The number of nitrogens with one attached hydrogen (secondary N) is 1. The quantitative estimate of drug-likeness (QED) is 0.832. The maximum absolute atomic E-state index is 12.0. The zero-order valence-electron chi connectivity index (χ0n) is 10.3. The Morgan fingerprint density at radius 1 is 1.41 bits per heavy atom. The van der Waals surface area contributed by atoms with Gasteiger partial charge in [0.15, 0.2) is 0 Å². The lowest BCUT2D eigenvalue weighted by Gasteiger charge is -2.35. The van der Waals surface area contributed by atoms with Crippen LogP contribution in [-0.4, -0.2) is 44.1 Å². The lowest BCUT2D eigenvalue weighted by atomic mass is 10.1. The number of benzene rings is 1. The average Bonchev–Trinajstić information content (AvgIpc) is 2.27. The molecule has 4 heteroatoms. The van der Waals surface area contributed by atoms with Crippen molar-refractivity contribution in [1.29, 1.82) is 0 Å². The van der Waals surface area contributed by atoms with E-state index in [0.29, 0.717) is 12.5 Å². The number of likely N-dealkylation sites (N-methyl/N-ethyl adjacent to an activating group) is 1. The highest BCUT2D eigenvalue weighted by Gasteiger charge is 2.24. The number of nitrogens with zero attached hydrogens (tertiary/aromatic N) is 1. The minimum absolute atomic E-state index is 0.168. The van der Waals surface area contributed by atoms with Gasteiger partial charge in [-0.1, -0.05) is 12.1 Å². The molecule has 1 amide bonds. The second-order valence-electron chi connectivity index (χ2n) is 4.34. The zero-order chi connectivity index (χ0) is 12.3. The van der Waals surface area contributed by atoms with Crippen molar-refractivity contribution >= 4 is 5.91 Å². The molecule has 0 bridgehead atoms. The monoisotopic (exact) mass is 234 g/mol. The maximum Gasteiger partial charge on any atom is 0.227 e. The van der Waals surface area contributed by atoms with E-state index in [1.54, 1.807) is 7.11 Å². The van der Waals surface area contributed by atoms with E-state index in [9.17, 15) is 4.79 Å². The van der Waals surface area contributed by atoms with Crippen LogP contribution in [0.25, 0.3) is 0 Å². The molecule has 1 saturated heterocycles. The molecule has 0 radical (unpaired) electrons. The molecule has 1 aliphatic rings. The molecule has 1 heterocycles. The van der Waals surface area contributed by atoms with E-state index >= 15 is 0 Å². The van der Waals surface area contributed by atoms with Crippen molar-refractivity contribution in [2.45, 2.75) is 12.5 Å². The van der Waals surface area contributed by atoms with Crippen LogP contribution in [0, 0.1) is 0 Å². The van der Waals surface area contributed by atoms with Gasteiger partial charge in [-0.3, -0.25) is 4.79 Å². The predicted molar refractivity (Wildman–Crippen MR) is 66.1 cm³/mol. The highest BCUT2D eigenvalue weighted by Crippen LogP contribution is 2.13. The van der Waals surface area contributed by atoms with E-state index < -0.39 is 0 Å². The van der Waals surface area contributed by atoms with Crippen LogP contribution in [0.15, 0.2) is 24.3 Å². The molecule has 1 aromatic rings. The maximum atomic E-state index is 12.0. The fourth-order valence-electron chi connectivity index (χ4n) is 1.79. The largest absolute Gasteiger partial charge is 0.497 e. The third-order valence-corrected chi connectivity index (χ3v) is 3.22. The van der Waals surface area contributed by atoms with Crippen molar-refractivity contribution < 1.29 is 9.53 Å².